The summed E-state index contributed by atoms with van der Waals surface area (Å²) in [6.45, 7) is 5.99. The molecule has 10 heteroatoms. The molecule has 1 atom stereocenters. The van der Waals surface area contributed by atoms with E-state index in [0.29, 0.717) is 21.3 Å². The molecule has 1 fully saturated rings. The molecule has 0 saturated carbocycles. The van der Waals surface area contributed by atoms with Crippen LogP contribution in [-0.2, 0) is 14.4 Å². The molecule has 0 radical (unpaired) electrons. The molecule has 1 N–H and O–H groups in total. The van der Waals surface area contributed by atoms with Crippen LogP contribution in [0.2, 0.25) is 5.02 Å². The van der Waals surface area contributed by atoms with E-state index in [0.717, 1.165) is 0 Å². The monoisotopic (exact) mass is 523 g/mol. The number of amides is 4. The number of imide groups is 1. The number of carbonyl (C=O) groups excluding carboxylic acids is 4. The highest BCUT2D eigenvalue weighted by molar-refractivity contribution is 6.51. The summed E-state index contributed by atoms with van der Waals surface area (Å²) in [5.41, 5.74) is -2.11. The van der Waals surface area contributed by atoms with Gasteiger partial charge in [-0.15, -0.1) is 11.6 Å². The molecule has 180 valence electrons. The minimum atomic E-state index is -2.69. The zero-order chi connectivity index (χ0) is 25.5. The first-order valence-corrected chi connectivity index (χ1v) is 11.7. The van der Waals surface area contributed by atoms with Crippen LogP contribution in [0.3, 0.4) is 0 Å². The van der Waals surface area contributed by atoms with Crippen molar-refractivity contribution >= 4 is 69.8 Å². The summed E-state index contributed by atoms with van der Waals surface area (Å²) in [5.74, 6) is -2.94. The fraction of sp³-hybridized carbons (Fsp3) is 0.333. The lowest BCUT2D eigenvalue weighted by molar-refractivity contribution is -0.147. The van der Waals surface area contributed by atoms with Crippen LogP contribution in [0.5, 0.6) is 0 Å². The Hall–Kier alpha value is -2.61. The zero-order valence-corrected chi connectivity index (χ0v) is 21.3. The lowest BCUT2D eigenvalue weighted by Crippen LogP contribution is -2.64. The number of rotatable bonds is 7. The molecule has 0 aliphatic carbocycles. The van der Waals surface area contributed by atoms with Crippen molar-refractivity contribution in [3.63, 3.8) is 0 Å². The highest BCUT2D eigenvalue weighted by atomic mass is 35.5. The van der Waals surface area contributed by atoms with Crippen LogP contribution in [0, 0.1) is 5.41 Å². The van der Waals surface area contributed by atoms with Crippen LogP contribution in [-0.4, -0.2) is 44.9 Å². The van der Waals surface area contributed by atoms with E-state index in [1.807, 2.05) is 0 Å². The number of hydrogen-bond acceptors (Lipinski definition) is 4. The van der Waals surface area contributed by atoms with Gasteiger partial charge in [0.05, 0.1) is 0 Å². The summed E-state index contributed by atoms with van der Waals surface area (Å²) in [4.78, 5) is 53.5. The van der Waals surface area contributed by atoms with Crippen LogP contribution in [0.15, 0.2) is 54.6 Å². The first-order chi connectivity index (χ1) is 15.8. The zero-order valence-electron chi connectivity index (χ0n) is 19.1. The quantitative estimate of drug-likeness (QED) is 0.231. The smallest absolute Gasteiger partial charge is 0.323 e. The highest BCUT2D eigenvalue weighted by Crippen LogP contribution is 2.42. The predicted octanol–water partition coefficient (Wildman–Crippen LogP) is 5.30. The fourth-order valence-corrected chi connectivity index (χ4v) is 4.34. The van der Waals surface area contributed by atoms with Crippen molar-refractivity contribution < 1.29 is 19.2 Å². The summed E-state index contributed by atoms with van der Waals surface area (Å²) in [6, 6.07) is 13.6. The van der Waals surface area contributed by atoms with Crippen molar-refractivity contribution in [2.75, 3.05) is 16.1 Å². The van der Waals surface area contributed by atoms with E-state index in [2.05, 4.69) is 5.32 Å². The molecule has 2 aromatic carbocycles. The van der Waals surface area contributed by atoms with Gasteiger partial charge in [0.2, 0.25) is 0 Å². The van der Waals surface area contributed by atoms with E-state index in [-0.39, 0.29) is 5.88 Å². The van der Waals surface area contributed by atoms with Gasteiger partial charge in [-0.25, -0.2) is 9.69 Å². The Morgan fingerprint density at radius 1 is 1.00 bits per heavy atom. The molecular formula is C24H24Cl3N3O4. The largest absolute Gasteiger partial charge is 0.334 e. The molecule has 0 bridgehead atoms. The molecule has 1 heterocycles. The van der Waals surface area contributed by atoms with Crippen LogP contribution >= 0.6 is 34.8 Å². The number of para-hydroxylation sites is 1. The van der Waals surface area contributed by atoms with Gasteiger partial charge < -0.3 is 5.32 Å². The first-order valence-electron chi connectivity index (χ1n) is 10.4. The number of ketones is 1. The Bertz CT molecular complexity index is 1140. The van der Waals surface area contributed by atoms with E-state index in [1.165, 1.54) is 32.6 Å². The van der Waals surface area contributed by atoms with Crippen LogP contribution in [0.4, 0.5) is 16.2 Å². The molecule has 1 aliphatic heterocycles. The second-order valence-electron chi connectivity index (χ2n) is 9.08. The van der Waals surface area contributed by atoms with Crippen molar-refractivity contribution in [3.8, 4) is 0 Å². The Morgan fingerprint density at radius 2 is 1.56 bits per heavy atom. The van der Waals surface area contributed by atoms with Gasteiger partial charge in [-0.05, 0) is 50.2 Å². The molecule has 0 spiro atoms. The number of urea groups is 1. The fourth-order valence-electron chi connectivity index (χ4n) is 3.64. The van der Waals surface area contributed by atoms with Crippen LogP contribution < -0.4 is 10.2 Å². The molecule has 1 saturated heterocycles. The van der Waals surface area contributed by atoms with E-state index >= 15 is 0 Å². The van der Waals surface area contributed by atoms with E-state index in [9.17, 15) is 19.2 Å². The lowest BCUT2D eigenvalue weighted by Gasteiger charge is -2.36. The van der Waals surface area contributed by atoms with Gasteiger partial charge in [0.15, 0.2) is 5.78 Å². The molecule has 4 amide bonds. The summed E-state index contributed by atoms with van der Waals surface area (Å²) in [5, 5.41) is 2.98. The highest BCUT2D eigenvalue weighted by Gasteiger charge is 2.65. The third kappa shape index (κ3) is 4.28. The minimum absolute atomic E-state index is 0.195. The van der Waals surface area contributed by atoms with Crippen molar-refractivity contribution in [1.82, 2.24) is 4.90 Å². The Morgan fingerprint density at radius 3 is 2.09 bits per heavy atom. The summed E-state index contributed by atoms with van der Waals surface area (Å²) in [6.07, 6.45) is 0. The molecule has 1 unspecified atom stereocenters. The van der Waals surface area contributed by atoms with Crippen LogP contribution in [0.25, 0.3) is 0 Å². The van der Waals surface area contributed by atoms with Gasteiger partial charge in [-0.3, -0.25) is 19.3 Å². The number of carbonyl (C=O) groups is 4. The predicted molar refractivity (Wildman–Crippen MR) is 133 cm³/mol. The maximum atomic E-state index is 13.7. The first kappa shape index (κ1) is 26.0. The van der Waals surface area contributed by atoms with Gasteiger partial charge in [-0.1, -0.05) is 55.2 Å². The lowest BCUT2D eigenvalue weighted by atomic mass is 9.84. The number of Topliss-reactive ketones (excluding diaryl/α,β-unsaturated/α-hetero) is 1. The third-order valence-corrected chi connectivity index (χ3v) is 7.08. The topological polar surface area (TPSA) is 86.8 Å². The number of benzene rings is 2. The summed E-state index contributed by atoms with van der Waals surface area (Å²) in [7, 11) is 0. The van der Waals surface area contributed by atoms with Gasteiger partial charge in [0.1, 0.15) is 5.54 Å². The number of halogens is 3. The number of alkyl halides is 2. The molecule has 0 aromatic heterocycles. The molecule has 34 heavy (non-hydrogen) atoms. The summed E-state index contributed by atoms with van der Waals surface area (Å²) >= 11 is 18.8. The number of anilines is 2. The average molecular weight is 525 g/mol. The second kappa shape index (κ2) is 9.21. The van der Waals surface area contributed by atoms with Gasteiger partial charge in [0.25, 0.3) is 16.8 Å². The summed E-state index contributed by atoms with van der Waals surface area (Å²) < 4.78 is 0. The number of hydrogen-bond donors (Lipinski definition) is 1. The molecule has 3 rings (SSSR count). The molecule has 7 nitrogen and oxygen atoms in total. The normalized spacial score (nSPS) is 17.5. The average Bonchev–Trinajstić information content (AvgIpc) is 2.98. The van der Waals surface area contributed by atoms with Crippen molar-refractivity contribution in [3.05, 3.63) is 59.6 Å². The van der Waals surface area contributed by atoms with E-state index in [4.69, 9.17) is 34.8 Å². The molecular weight excluding hydrogens is 501 g/mol. The number of nitrogens with one attached hydrogen (secondary N) is 1. The minimum Gasteiger partial charge on any atom is -0.323 e. The second-order valence-corrected chi connectivity index (χ2v) is 10.3. The van der Waals surface area contributed by atoms with Crippen LogP contribution in [0.1, 0.15) is 27.7 Å². The standard InChI is InChI=1S/C24H24Cl3N3O4/c1-22(2,14-25)18(31)24(27,19(32)28-16-8-6-5-7-9-16)30-20(33)23(3,4)29(21(30)34)17-12-10-15(26)11-13-17/h5-13H,14H2,1-4H3,(H,28,32). The molecule has 1 aliphatic rings. The van der Waals surface area contributed by atoms with Gasteiger partial charge in [0, 0.05) is 27.7 Å². The Balaban J connectivity index is 2.15. The maximum Gasteiger partial charge on any atom is 0.334 e. The van der Waals surface area contributed by atoms with Crippen molar-refractivity contribution in [2.24, 2.45) is 5.41 Å². The van der Waals surface area contributed by atoms with Crippen molar-refractivity contribution in [1.29, 1.82) is 0 Å². The van der Waals surface area contributed by atoms with Crippen molar-refractivity contribution in [2.45, 2.75) is 38.2 Å². The third-order valence-electron chi connectivity index (χ3n) is 5.64. The van der Waals surface area contributed by atoms with E-state index in [1.54, 1.807) is 54.6 Å². The molecule has 2 aromatic rings. The Labute approximate surface area is 212 Å². The van der Waals surface area contributed by atoms with E-state index < -0.39 is 39.6 Å². The number of nitrogens with zero attached hydrogens (tertiary/aromatic N) is 2. The van der Waals surface area contributed by atoms with Gasteiger partial charge >= 0.3 is 6.03 Å². The SMILES string of the molecule is CC(C)(CCl)C(=O)C(Cl)(C(=O)Nc1ccccc1)N1C(=O)N(c2ccc(Cl)cc2)C(C)(C)C1=O. The Kier molecular flexibility index (Phi) is 7.04. The van der Waals surface area contributed by atoms with Gasteiger partial charge in [-0.2, -0.15) is 0 Å². The maximum absolute atomic E-state index is 13.7.